The Morgan fingerprint density at radius 1 is 1.10 bits per heavy atom. The van der Waals surface area contributed by atoms with Crippen molar-refractivity contribution in [3.05, 3.63) is 11.9 Å². The Balaban J connectivity index is 2.76. The topological polar surface area (TPSA) is 59.1 Å². The molecule has 0 unspecified atom stereocenters. The molecule has 0 aliphatic carbocycles. The largest absolute Gasteiger partial charge is 0.374 e. The second-order valence-corrected chi connectivity index (χ2v) is 5.97. The van der Waals surface area contributed by atoms with Gasteiger partial charge in [0.2, 0.25) is 0 Å². The van der Waals surface area contributed by atoms with Crippen LogP contribution in [0.25, 0.3) is 0 Å². The van der Waals surface area contributed by atoms with E-state index in [2.05, 4.69) is 48.3 Å². The summed E-state index contributed by atoms with van der Waals surface area (Å²) >= 11 is 0. The van der Waals surface area contributed by atoms with E-state index >= 15 is 0 Å². The van der Waals surface area contributed by atoms with Gasteiger partial charge in [0.05, 0.1) is 0 Å². The first-order valence-electron chi connectivity index (χ1n) is 7.85. The molecular formula is C16H30N4O. The van der Waals surface area contributed by atoms with Crippen LogP contribution in [-0.4, -0.2) is 30.2 Å². The normalized spacial score (nSPS) is 11.5. The minimum Gasteiger partial charge on any atom is -0.374 e. The lowest BCUT2D eigenvalue weighted by atomic mass is 9.85. The number of anilines is 2. The third-order valence-electron chi connectivity index (χ3n) is 3.70. The van der Waals surface area contributed by atoms with Crippen molar-refractivity contribution < 1.29 is 4.74 Å². The van der Waals surface area contributed by atoms with Crippen LogP contribution in [0.4, 0.5) is 11.6 Å². The summed E-state index contributed by atoms with van der Waals surface area (Å²) in [5.74, 6) is 4.28. The Labute approximate surface area is 128 Å². The SMILES string of the molecule is CCOCc1nc(NC)cc(NCC(C(C)C)C(C)C)n1. The fraction of sp³-hybridized carbons (Fsp3) is 0.750. The van der Waals surface area contributed by atoms with Crippen LogP contribution in [0.3, 0.4) is 0 Å². The van der Waals surface area contributed by atoms with Gasteiger partial charge in [-0.15, -0.1) is 0 Å². The lowest BCUT2D eigenvalue weighted by Gasteiger charge is -2.25. The third kappa shape index (κ3) is 5.87. The molecule has 21 heavy (non-hydrogen) atoms. The number of hydrogen-bond acceptors (Lipinski definition) is 5. The smallest absolute Gasteiger partial charge is 0.158 e. The van der Waals surface area contributed by atoms with Gasteiger partial charge in [-0.3, -0.25) is 0 Å². The molecule has 0 amide bonds. The fourth-order valence-corrected chi connectivity index (χ4v) is 2.44. The number of hydrogen-bond donors (Lipinski definition) is 2. The molecule has 0 atom stereocenters. The van der Waals surface area contributed by atoms with E-state index in [1.165, 1.54) is 0 Å². The van der Waals surface area contributed by atoms with Crippen LogP contribution in [0.2, 0.25) is 0 Å². The van der Waals surface area contributed by atoms with Gasteiger partial charge in [-0.2, -0.15) is 0 Å². The number of ether oxygens (including phenoxy) is 1. The van der Waals surface area contributed by atoms with Crippen molar-refractivity contribution in [3.63, 3.8) is 0 Å². The Morgan fingerprint density at radius 3 is 2.24 bits per heavy atom. The second kappa shape index (κ2) is 8.82. The van der Waals surface area contributed by atoms with Gasteiger partial charge in [-0.25, -0.2) is 9.97 Å². The minimum absolute atomic E-state index is 0.443. The van der Waals surface area contributed by atoms with Crippen molar-refractivity contribution in [1.29, 1.82) is 0 Å². The highest BCUT2D eigenvalue weighted by Gasteiger charge is 2.17. The van der Waals surface area contributed by atoms with Crippen LogP contribution < -0.4 is 10.6 Å². The van der Waals surface area contributed by atoms with Crippen LogP contribution in [0, 0.1) is 17.8 Å². The van der Waals surface area contributed by atoms with Gasteiger partial charge in [0.1, 0.15) is 18.2 Å². The molecule has 0 saturated carbocycles. The first-order valence-corrected chi connectivity index (χ1v) is 7.85. The number of nitrogens with zero attached hydrogens (tertiary/aromatic N) is 2. The first kappa shape index (κ1) is 17.7. The lowest BCUT2D eigenvalue weighted by molar-refractivity contribution is 0.128. The van der Waals surface area contributed by atoms with E-state index in [4.69, 9.17) is 4.74 Å². The highest BCUT2D eigenvalue weighted by atomic mass is 16.5. The van der Waals surface area contributed by atoms with E-state index in [9.17, 15) is 0 Å². The van der Waals surface area contributed by atoms with E-state index in [1.807, 2.05) is 20.0 Å². The summed E-state index contributed by atoms with van der Waals surface area (Å²) in [6.07, 6.45) is 0. The fourth-order valence-electron chi connectivity index (χ4n) is 2.44. The zero-order valence-corrected chi connectivity index (χ0v) is 14.2. The van der Waals surface area contributed by atoms with Crippen LogP contribution in [0.1, 0.15) is 40.4 Å². The van der Waals surface area contributed by atoms with Crippen molar-refractivity contribution >= 4 is 11.6 Å². The molecule has 0 radical (unpaired) electrons. The molecule has 120 valence electrons. The Kier molecular flexibility index (Phi) is 7.43. The van der Waals surface area contributed by atoms with Crippen molar-refractivity contribution in [2.24, 2.45) is 17.8 Å². The maximum Gasteiger partial charge on any atom is 0.158 e. The van der Waals surface area contributed by atoms with Gasteiger partial charge in [0, 0.05) is 26.3 Å². The van der Waals surface area contributed by atoms with Crippen molar-refractivity contribution in [2.45, 2.75) is 41.2 Å². The zero-order valence-electron chi connectivity index (χ0n) is 14.2. The molecule has 1 rings (SSSR count). The van der Waals surface area contributed by atoms with Crippen LogP contribution in [-0.2, 0) is 11.3 Å². The molecule has 0 aromatic carbocycles. The Hall–Kier alpha value is -1.36. The molecule has 0 fully saturated rings. The summed E-state index contributed by atoms with van der Waals surface area (Å²) in [6, 6.07) is 1.94. The summed E-state index contributed by atoms with van der Waals surface area (Å²) in [4.78, 5) is 8.92. The van der Waals surface area contributed by atoms with E-state index in [1.54, 1.807) is 0 Å². The average Bonchev–Trinajstić information content (AvgIpc) is 2.44. The number of rotatable bonds is 9. The molecule has 1 aromatic heterocycles. The van der Waals surface area contributed by atoms with E-state index < -0.39 is 0 Å². The van der Waals surface area contributed by atoms with Gasteiger partial charge in [0.25, 0.3) is 0 Å². The minimum atomic E-state index is 0.443. The zero-order chi connectivity index (χ0) is 15.8. The summed E-state index contributed by atoms with van der Waals surface area (Å²) < 4.78 is 5.40. The van der Waals surface area contributed by atoms with E-state index in [0.717, 1.165) is 18.2 Å². The summed E-state index contributed by atoms with van der Waals surface area (Å²) in [7, 11) is 1.86. The van der Waals surface area contributed by atoms with Crippen molar-refractivity contribution in [3.8, 4) is 0 Å². The number of aromatic nitrogens is 2. The van der Waals surface area contributed by atoms with Crippen molar-refractivity contribution in [1.82, 2.24) is 9.97 Å². The predicted octanol–water partition coefficient (Wildman–Crippen LogP) is 3.39. The average molecular weight is 294 g/mol. The lowest BCUT2D eigenvalue weighted by Crippen LogP contribution is -2.25. The summed E-state index contributed by atoms with van der Waals surface area (Å²) in [5.41, 5.74) is 0. The summed E-state index contributed by atoms with van der Waals surface area (Å²) in [6.45, 7) is 13.1. The molecule has 2 N–H and O–H groups in total. The molecular weight excluding hydrogens is 264 g/mol. The van der Waals surface area contributed by atoms with Crippen LogP contribution in [0.5, 0.6) is 0 Å². The molecule has 0 spiro atoms. The molecule has 0 aliphatic rings. The molecule has 0 bridgehead atoms. The highest BCUT2D eigenvalue weighted by molar-refractivity contribution is 5.47. The van der Waals surface area contributed by atoms with Crippen LogP contribution >= 0.6 is 0 Å². The highest BCUT2D eigenvalue weighted by Crippen LogP contribution is 2.21. The first-order chi connectivity index (χ1) is 9.97. The maximum absolute atomic E-state index is 5.40. The van der Waals surface area contributed by atoms with Crippen LogP contribution in [0.15, 0.2) is 6.07 Å². The second-order valence-electron chi connectivity index (χ2n) is 5.97. The Morgan fingerprint density at radius 2 is 1.71 bits per heavy atom. The molecule has 1 aromatic rings. The van der Waals surface area contributed by atoms with E-state index in [-0.39, 0.29) is 0 Å². The monoisotopic (exact) mass is 294 g/mol. The van der Waals surface area contributed by atoms with Gasteiger partial charge in [-0.05, 0) is 24.7 Å². The molecule has 5 heteroatoms. The molecule has 0 aliphatic heterocycles. The van der Waals surface area contributed by atoms with Gasteiger partial charge >= 0.3 is 0 Å². The predicted molar refractivity (Wildman–Crippen MR) is 88.6 cm³/mol. The maximum atomic E-state index is 5.40. The van der Waals surface area contributed by atoms with Gasteiger partial charge in [-0.1, -0.05) is 27.7 Å². The standard InChI is InChI=1S/C16H30N4O/c1-7-21-10-16-19-14(17-6)8-15(20-16)18-9-13(11(2)3)12(4)5/h8,11-13H,7,9-10H2,1-6H3,(H2,17,18,19,20). The molecule has 5 nitrogen and oxygen atoms in total. The summed E-state index contributed by atoms with van der Waals surface area (Å²) in [5, 5.41) is 6.52. The molecule has 0 saturated heterocycles. The van der Waals surface area contributed by atoms with E-state index in [0.29, 0.717) is 36.8 Å². The molecule has 1 heterocycles. The quantitative estimate of drug-likeness (QED) is 0.731. The van der Waals surface area contributed by atoms with Gasteiger partial charge < -0.3 is 15.4 Å². The van der Waals surface area contributed by atoms with Gasteiger partial charge in [0.15, 0.2) is 5.82 Å². The third-order valence-corrected chi connectivity index (χ3v) is 3.70. The number of nitrogens with one attached hydrogen (secondary N) is 2. The van der Waals surface area contributed by atoms with Crippen molar-refractivity contribution in [2.75, 3.05) is 30.8 Å². The Bertz CT molecular complexity index is 413.